The molecule has 1 aliphatic rings. The summed E-state index contributed by atoms with van der Waals surface area (Å²) in [7, 11) is 0. The summed E-state index contributed by atoms with van der Waals surface area (Å²) in [4.78, 5) is 25.2. The van der Waals surface area contributed by atoms with Crippen molar-refractivity contribution in [3.63, 3.8) is 0 Å². The van der Waals surface area contributed by atoms with E-state index in [0.717, 1.165) is 10.2 Å². The number of amides is 1. The van der Waals surface area contributed by atoms with Crippen molar-refractivity contribution in [3.8, 4) is 5.69 Å². The number of hydrogen-bond donors (Lipinski definition) is 1. The number of carboxylic acids is 1. The van der Waals surface area contributed by atoms with E-state index in [1.807, 2.05) is 24.3 Å². The van der Waals surface area contributed by atoms with Gasteiger partial charge in [-0.25, -0.2) is 4.68 Å². The molecule has 1 amide bonds. The topological polar surface area (TPSA) is 75.4 Å². The molecule has 1 aliphatic heterocycles. The molecule has 1 aromatic carbocycles. The minimum atomic E-state index is -0.778. The molecule has 3 rings (SSSR count). The van der Waals surface area contributed by atoms with Gasteiger partial charge in [0.1, 0.15) is 0 Å². The second-order valence-electron chi connectivity index (χ2n) is 5.56. The van der Waals surface area contributed by atoms with Crippen molar-refractivity contribution in [1.29, 1.82) is 0 Å². The van der Waals surface area contributed by atoms with Crippen LogP contribution in [0.25, 0.3) is 5.69 Å². The van der Waals surface area contributed by atoms with Crippen molar-refractivity contribution >= 4 is 27.8 Å². The second kappa shape index (κ2) is 6.54. The van der Waals surface area contributed by atoms with Crippen molar-refractivity contribution in [2.45, 2.75) is 12.8 Å². The van der Waals surface area contributed by atoms with Crippen molar-refractivity contribution in [2.24, 2.45) is 5.92 Å². The summed E-state index contributed by atoms with van der Waals surface area (Å²) in [6.45, 7) is 0.940. The van der Waals surface area contributed by atoms with E-state index in [0.29, 0.717) is 31.5 Å². The molecule has 1 saturated heterocycles. The summed E-state index contributed by atoms with van der Waals surface area (Å²) < 4.78 is 2.59. The van der Waals surface area contributed by atoms with Gasteiger partial charge in [0.15, 0.2) is 0 Å². The van der Waals surface area contributed by atoms with Crippen LogP contribution in [0.4, 0.5) is 0 Å². The van der Waals surface area contributed by atoms with E-state index in [4.69, 9.17) is 5.11 Å². The minimum Gasteiger partial charge on any atom is -0.481 e. The number of likely N-dealkylation sites (tertiary alicyclic amines) is 1. The number of rotatable bonds is 3. The number of carboxylic acid groups (broad SMARTS) is 1. The SMILES string of the molecule is O=C(O)C1CCN(C(=O)c2cnn(-c3cccc(Br)c3)c2)CC1. The number of carbonyl (C=O) groups is 2. The maximum absolute atomic E-state index is 12.5. The number of carbonyl (C=O) groups excluding carboxylic acids is 1. The molecule has 0 bridgehead atoms. The third-order valence-corrected chi connectivity index (χ3v) is 4.53. The number of hydrogen-bond acceptors (Lipinski definition) is 3. The number of aromatic nitrogens is 2. The van der Waals surface area contributed by atoms with E-state index < -0.39 is 5.97 Å². The summed E-state index contributed by atoms with van der Waals surface area (Å²) in [5.74, 6) is -1.22. The summed E-state index contributed by atoms with van der Waals surface area (Å²) in [5, 5.41) is 13.3. The van der Waals surface area contributed by atoms with E-state index in [1.54, 1.807) is 22.0 Å². The lowest BCUT2D eigenvalue weighted by Gasteiger charge is -2.29. The molecule has 0 atom stereocenters. The zero-order valence-electron chi connectivity index (χ0n) is 12.4. The molecule has 0 aliphatic carbocycles. The van der Waals surface area contributed by atoms with E-state index in [9.17, 15) is 9.59 Å². The lowest BCUT2D eigenvalue weighted by atomic mass is 9.97. The third kappa shape index (κ3) is 3.44. The number of aliphatic carboxylic acids is 1. The fraction of sp³-hybridized carbons (Fsp3) is 0.312. The first-order valence-corrected chi connectivity index (χ1v) is 8.16. The van der Waals surface area contributed by atoms with Gasteiger partial charge in [0.25, 0.3) is 5.91 Å². The van der Waals surface area contributed by atoms with Gasteiger partial charge in [-0.15, -0.1) is 0 Å². The maximum Gasteiger partial charge on any atom is 0.306 e. The van der Waals surface area contributed by atoms with Gasteiger partial charge < -0.3 is 10.0 Å². The van der Waals surface area contributed by atoms with Gasteiger partial charge in [-0.2, -0.15) is 5.10 Å². The van der Waals surface area contributed by atoms with Crippen LogP contribution in [0, 0.1) is 5.92 Å². The Morgan fingerprint density at radius 2 is 2.00 bits per heavy atom. The molecule has 2 heterocycles. The molecule has 7 heteroatoms. The van der Waals surface area contributed by atoms with Crippen molar-refractivity contribution < 1.29 is 14.7 Å². The highest BCUT2D eigenvalue weighted by Crippen LogP contribution is 2.20. The molecule has 6 nitrogen and oxygen atoms in total. The van der Waals surface area contributed by atoms with Crippen LogP contribution in [0.5, 0.6) is 0 Å². The predicted octanol–water partition coefficient (Wildman–Crippen LogP) is 2.57. The Morgan fingerprint density at radius 1 is 1.26 bits per heavy atom. The molecule has 1 N–H and O–H groups in total. The largest absolute Gasteiger partial charge is 0.481 e. The van der Waals surface area contributed by atoms with Crippen LogP contribution >= 0.6 is 15.9 Å². The lowest BCUT2D eigenvalue weighted by Crippen LogP contribution is -2.40. The minimum absolute atomic E-state index is 0.102. The smallest absolute Gasteiger partial charge is 0.306 e. The molecule has 120 valence electrons. The van der Waals surface area contributed by atoms with Crippen LogP contribution in [0.3, 0.4) is 0 Å². The molecular weight excluding hydrogens is 362 g/mol. The Hall–Kier alpha value is -2.15. The maximum atomic E-state index is 12.5. The molecule has 0 unspecified atom stereocenters. The van der Waals surface area contributed by atoms with Crippen LogP contribution in [0.15, 0.2) is 41.1 Å². The summed E-state index contributed by atoms with van der Waals surface area (Å²) in [6, 6.07) is 7.65. The van der Waals surface area contributed by atoms with E-state index in [2.05, 4.69) is 21.0 Å². The van der Waals surface area contributed by atoms with Crippen LogP contribution in [-0.2, 0) is 4.79 Å². The number of benzene rings is 1. The van der Waals surface area contributed by atoms with E-state index >= 15 is 0 Å². The Labute approximate surface area is 141 Å². The normalized spacial score (nSPS) is 15.6. The van der Waals surface area contributed by atoms with E-state index in [-0.39, 0.29) is 11.8 Å². The zero-order chi connectivity index (χ0) is 16.4. The Balaban J connectivity index is 1.71. The highest BCUT2D eigenvalue weighted by molar-refractivity contribution is 9.10. The van der Waals surface area contributed by atoms with Crippen LogP contribution in [0.1, 0.15) is 23.2 Å². The Morgan fingerprint density at radius 3 is 2.65 bits per heavy atom. The van der Waals surface area contributed by atoms with Crippen molar-refractivity contribution in [3.05, 3.63) is 46.7 Å². The number of piperidine rings is 1. The van der Waals surface area contributed by atoms with E-state index in [1.165, 1.54) is 0 Å². The number of halogens is 1. The first-order valence-electron chi connectivity index (χ1n) is 7.37. The summed E-state index contributed by atoms with van der Waals surface area (Å²) in [6.07, 6.45) is 4.25. The quantitative estimate of drug-likeness (QED) is 0.891. The van der Waals surface area contributed by atoms with Crippen LogP contribution in [0.2, 0.25) is 0 Å². The summed E-state index contributed by atoms with van der Waals surface area (Å²) in [5.41, 5.74) is 1.38. The van der Waals surface area contributed by atoms with Gasteiger partial charge in [-0.3, -0.25) is 9.59 Å². The molecule has 2 aromatic rings. The van der Waals surface area contributed by atoms with Gasteiger partial charge in [-0.1, -0.05) is 22.0 Å². The van der Waals surface area contributed by atoms with Gasteiger partial charge >= 0.3 is 5.97 Å². The molecule has 0 saturated carbocycles. The Kier molecular flexibility index (Phi) is 4.47. The second-order valence-corrected chi connectivity index (χ2v) is 6.47. The third-order valence-electron chi connectivity index (χ3n) is 4.03. The monoisotopic (exact) mass is 377 g/mol. The highest BCUT2D eigenvalue weighted by atomic mass is 79.9. The first-order chi connectivity index (χ1) is 11.0. The summed E-state index contributed by atoms with van der Waals surface area (Å²) >= 11 is 3.41. The predicted molar refractivity (Wildman–Crippen MR) is 87.5 cm³/mol. The molecule has 0 spiro atoms. The lowest BCUT2D eigenvalue weighted by molar-refractivity contribution is -0.143. The Bertz CT molecular complexity index is 736. The average molecular weight is 378 g/mol. The molecule has 1 aromatic heterocycles. The highest BCUT2D eigenvalue weighted by Gasteiger charge is 2.28. The van der Waals surface area contributed by atoms with Gasteiger partial charge in [-0.05, 0) is 31.0 Å². The van der Waals surface area contributed by atoms with Crippen LogP contribution < -0.4 is 0 Å². The van der Waals surface area contributed by atoms with Gasteiger partial charge in [0.2, 0.25) is 0 Å². The average Bonchev–Trinajstić information content (AvgIpc) is 3.04. The molecule has 23 heavy (non-hydrogen) atoms. The molecule has 1 fully saturated rings. The molecule has 0 radical (unpaired) electrons. The standard InChI is InChI=1S/C16H16BrN3O3/c17-13-2-1-3-14(8-13)20-10-12(9-18-20)15(21)19-6-4-11(5-7-19)16(22)23/h1-3,8-11H,4-7H2,(H,22,23). The van der Waals surface area contributed by atoms with Crippen molar-refractivity contribution in [1.82, 2.24) is 14.7 Å². The van der Waals surface area contributed by atoms with Crippen LogP contribution in [-0.4, -0.2) is 44.8 Å². The fourth-order valence-electron chi connectivity index (χ4n) is 2.71. The van der Waals surface area contributed by atoms with Crippen molar-refractivity contribution in [2.75, 3.05) is 13.1 Å². The number of nitrogens with zero attached hydrogens (tertiary/aromatic N) is 3. The molecular formula is C16H16BrN3O3. The fourth-order valence-corrected chi connectivity index (χ4v) is 3.09. The van der Waals surface area contributed by atoms with Gasteiger partial charge in [0, 0.05) is 23.8 Å². The zero-order valence-corrected chi connectivity index (χ0v) is 13.9. The first kappa shape index (κ1) is 15.7. The van der Waals surface area contributed by atoms with Gasteiger partial charge in [0.05, 0.1) is 23.4 Å².